The second-order valence-corrected chi connectivity index (χ2v) is 6.28. The van der Waals surface area contributed by atoms with Gasteiger partial charge in [-0.2, -0.15) is 4.52 Å². The molecule has 1 fully saturated rings. The maximum Gasteiger partial charge on any atom is 0.183 e. The summed E-state index contributed by atoms with van der Waals surface area (Å²) >= 11 is 0. The van der Waals surface area contributed by atoms with Gasteiger partial charge in [0.1, 0.15) is 0 Å². The van der Waals surface area contributed by atoms with E-state index in [4.69, 9.17) is 0 Å². The van der Waals surface area contributed by atoms with Crippen molar-refractivity contribution in [1.82, 2.24) is 25.4 Å². The molecule has 0 unspecified atom stereocenters. The fourth-order valence-corrected chi connectivity index (χ4v) is 3.39. The van der Waals surface area contributed by atoms with E-state index in [0.29, 0.717) is 6.04 Å². The van der Waals surface area contributed by atoms with Crippen LogP contribution in [-0.4, -0.2) is 26.1 Å². The van der Waals surface area contributed by atoms with E-state index in [1.54, 1.807) is 4.52 Å². The van der Waals surface area contributed by atoms with Crippen LogP contribution in [0, 0.1) is 0 Å². The summed E-state index contributed by atoms with van der Waals surface area (Å²) in [6, 6.07) is 13.2. The van der Waals surface area contributed by atoms with Crippen molar-refractivity contribution in [3.63, 3.8) is 0 Å². The van der Waals surface area contributed by atoms with Crippen LogP contribution in [0.15, 0.2) is 42.6 Å². The molecule has 0 aliphatic heterocycles. The average molecular weight is 307 g/mol. The van der Waals surface area contributed by atoms with Crippen molar-refractivity contribution in [2.75, 3.05) is 0 Å². The van der Waals surface area contributed by atoms with Gasteiger partial charge < -0.3 is 5.32 Å². The first-order valence-corrected chi connectivity index (χ1v) is 8.39. The molecule has 2 aromatic heterocycles. The third-order valence-corrected chi connectivity index (χ3v) is 4.66. The number of hydrogen-bond acceptors (Lipinski definition) is 4. The summed E-state index contributed by atoms with van der Waals surface area (Å²) < 4.78 is 1.78. The Hall–Kier alpha value is -2.27. The number of hydrogen-bond donors (Lipinski definition) is 1. The molecular formula is C18H21N5. The zero-order valence-corrected chi connectivity index (χ0v) is 13.2. The molecule has 1 aliphatic carbocycles. The number of fused-ring (bicyclic) bond motifs is 1. The first-order chi connectivity index (χ1) is 11.4. The third kappa shape index (κ3) is 3.10. The SMILES string of the molecule is c1ccc(-c2cc(CNC3CCCCC3)c3nnnn3c2)cc1. The summed E-state index contributed by atoms with van der Waals surface area (Å²) in [6.45, 7) is 0.815. The summed E-state index contributed by atoms with van der Waals surface area (Å²) in [4.78, 5) is 0. The van der Waals surface area contributed by atoms with Gasteiger partial charge in [0.25, 0.3) is 0 Å². The van der Waals surface area contributed by atoms with Crippen LogP contribution in [0.3, 0.4) is 0 Å². The maximum absolute atomic E-state index is 4.18. The van der Waals surface area contributed by atoms with Crippen LogP contribution in [-0.2, 0) is 6.54 Å². The van der Waals surface area contributed by atoms with Gasteiger partial charge in [0.05, 0.1) is 0 Å². The molecule has 23 heavy (non-hydrogen) atoms. The van der Waals surface area contributed by atoms with Crippen molar-refractivity contribution in [3.8, 4) is 11.1 Å². The molecule has 5 nitrogen and oxygen atoms in total. The van der Waals surface area contributed by atoms with E-state index in [9.17, 15) is 0 Å². The summed E-state index contributed by atoms with van der Waals surface area (Å²) in [5.74, 6) is 0. The highest BCUT2D eigenvalue weighted by Gasteiger charge is 2.14. The number of pyridine rings is 1. The Morgan fingerprint density at radius 3 is 2.70 bits per heavy atom. The Morgan fingerprint density at radius 1 is 1.04 bits per heavy atom. The van der Waals surface area contributed by atoms with Crippen LogP contribution in [0.25, 0.3) is 16.8 Å². The van der Waals surface area contributed by atoms with Crippen molar-refractivity contribution < 1.29 is 0 Å². The maximum atomic E-state index is 4.18. The lowest BCUT2D eigenvalue weighted by Gasteiger charge is -2.23. The number of tetrazole rings is 1. The van der Waals surface area contributed by atoms with Crippen LogP contribution < -0.4 is 5.32 Å². The number of rotatable bonds is 4. The molecular weight excluding hydrogens is 286 g/mol. The van der Waals surface area contributed by atoms with E-state index >= 15 is 0 Å². The van der Waals surface area contributed by atoms with Gasteiger partial charge in [-0.15, -0.1) is 5.10 Å². The molecule has 1 N–H and O–H groups in total. The summed E-state index contributed by atoms with van der Waals surface area (Å²) in [6.07, 6.45) is 8.60. The van der Waals surface area contributed by atoms with E-state index < -0.39 is 0 Å². The number of nitrogens with one attached hydrogen (secondary N) is 1. The summed E-state index contributed by atoms with van der Waals surface area (Å²) in [7, 11) is 0. The predicted octanol–water partition coefficient (Wildman–Crippen LogP) is 3.21. The number of benzene rings is 1. The average Bonchev–Trinajstić information content (AvgIpc) is 3.10. The first-order valence-electron chi connectivity index (χ1n) is 8.39. The van der Waals surface area contributed by atoms with Crippen LogP contribution in [0.2, 0.25) is 0 Å². The van der Waals surface area contributed by atoms with E-state index in [1.807, 2.05) is 12.3 Å². The van der Waals surface area contributed by atoms with Gasteiger partial charge in [-0.1, -0.05) is 49.6 Å². The van der Waals surface area contributed by atoms with Crippen LogP contribution in [0.1, 0.15) is 37.7 Å². The summed E-state index contributed by atoms with van der Waals surface area (Å²) in [5, 5.41) is 15.8. The molecule has 118 valence electrons. The molecule has 4 rings (SSSR count). The Labute approximate surface area is 135 Å². The third-order valence-electron chi connectivity index (χ3n) is 4.66. The molecule has 0 amide bonds. The molecule has 3 aromatic rings. The molecule has 0 spiro atoms. The molecule has 0 bridgehead atoms. The molecule has 0 atom stereocenters. The van der Waals surface area contributed by atoms with Gasteiger partial charge in [0.15, 0.2) is 5.65 Å². The zero-order chi connectivity index (χ0) is 15.5. The second-order valence-electron chi connectivity index (χ2n) is 6.28. The normalized spacial score (nSPS) is 16.0. The largest absolute Gasteiger partial charge is 0.310 e. The first kappa shape index (κ1) is 14.3. The van der Waals surface area contributed by atoms with Crippen molar-refractivity contribution in [2.24, 2.45) is 0 Å². The molecule has 0 saturated heterocycles. The minimum Gasteiger partial charge on any atom is -0.310 e. The summed E-state index contributed by atoms with van der Waals surface area (Å²) in [5.41, 5.74) is 4.32. The molecule has 1 saturated carbocycles. The second kappa shape index (κ2) is 6.46. The lowest BCUT2D eigenvalue weighted by Crippen LogP contribution is -2.30. The highest BCUT2D eigenvalue weighted by molar-refractivity contribution is 5.66. The van der Waals surface area contributed by atoms with Crippen molar-refractivity contribution in [1.29, 1.82) is 0 Å². The van der Waals surface area contributed by atoms with Crippen LogP contribution in [0.5, 0.6) is 0 Å². The highest BCUT2D eigenvalue weighted by atomic mass is 15.5. The number of aromatic nitrogens is 4. The lowest BCUT2D eigenvalue weighted by atomic mass is 9.95. The lowest BCUT2D eigenvalue weighted by molar-refractivity contribution is 0.372. The molecule has 2 heterocycles. The van der Waals surface area contributed by atoms with E-state index in [-0.39, 0.29) is 0 Å². The van der Waals surface area contributed by atoms with E-state index in [1.165, 1.54) is 37.7 Å². The Bertz CT molecular complexity index is 774. The topological polar surface area (TPSA) is 55.1 Å². The molecule has 0 radical (unpaired) electrons. The molecule has 5 heteroatoms. The van der Waals surface area contributed by atoms with Gasteiger partial charge in [-0.25, -0.2) is 0 Å². The van der Waals surface area contributed by atoms with Crippen molar-refractivity contribution in [3.05, 3.63) is 48.2 Å². The standard InChI is InChI=1S/C18H21N5/c1-3-7-14(8-4-1)16-11-15(18-20-21-22-23(18)13-16)12-19-17-9-5-2-6-10-17/h1,3-4,7-8,11,13,17,19H,2,5-6,9-10,12H2. The van der Waals surface area contributed by atoms with E-state index in [2.05, 4.69) is 51.2 Å². The van der Waals surface area contributed by atoms with E-state index in [0.717, 1.165) is 23.3 Å². The van der Waals surface area contributed by atoms with Gasteiger partial charge in [0.2, 0.25) is 0 Å². The fourth-order valence-electron chi connectivity index (χ4n) is 3.39. The van der Waals surface area contributed by atoms with Crippen molar-refractivity contribution in [2.45, 2.75) is 44.7 Å². The Balaban J connectivity index is 1.63. The van der Waals surface area contributed by atoms with Crippen LogP contribution in [0.4, 0.5) is 0 Å². The monoisotopic (exact) mass is 307 g/mol. The molecule has 1 aromatic carbocycles. The highest BCUT2D eigenvalue weighted by Crippen LogP contribution is 2.23. The van der Waals surface area contributed by atoms with Crippen LogP contribution >= 0.6 is 0 Å². The fraction of sp³-hybridized carbons (Fsp3) is 0.389. The Kier molecular flexibility index (Phi) is 4.03. The van der Waals surface area contributed by atoms with Gasteiger partial charge in [0, 0.05) is 29.9 Å². The van der Waals surface area contributed by atoms with Gasteiger partial charge in [-0.3, -0.25) is 0 Å². The quantitative estimate of drug-likeness (QED) is 0.804. The van der Waals surface area contributed by atoms with Crippen molar-refractivity contribution >= 4 is 5.65 Å². The minimum atomic E-state index is 0.625. The van der Waals surface area contributed by atoms with Gasteiger partial charge in [-0.05, 0) is 34.9 Å². The van der Waals surface area contributed by atoms with Gasteiger partial charge >= 0.3 is 0 Å². The Morgan fingerprint density at radius 2 is 1.87 bits per heavy atom. The molecule has 1 aliphatic rings. The zero-order valence-electron chi connectivity index (χ0n) is 13.2. The smallest absolute Gasteiger partial charge is 0.183 e. The predicted molar refractivity (Wildman–Crippen MR) is 89.9 cm³/mol. The minimum absolute atomic E-state index is 0.625. The number of nitrogens with zero attached hydrogens (tertiary/aromatic N) is 4.